The van der Waals surface area contributed by atoms with E-state index in [2.05, 4.69) is 53.7 Å². The Hall–Kier alpha value is -1.05. The lowest BCUT2D eigenvalue weighted by Gasteiger charge is -2.60. The number of rotatable bonds is 4. The van der Waals surface area contributed by atoms with Crippen LogP contribution in [0.2, 0.25) is 0 Å². The second-order valence-electron chi connectivity index (χ2n) is 11.7. The van der Waals surface area contributed by atoms with Crippen molar-refractivity contribution in [3.05, 3.63) is 23.3 Å². The van der Waals surface area contributed by atoms with Crippen LogP contribution in [0, 0.1) is 34.0 Å². The quantitative estimate of drug-likeness (QED) is 0.368. The smallest absolute Gasteiger partial charge is 0.306 e. The summed E-state index contributed by atoms with van der Waals surface area (Å²) >= 11 is 0. The maximum Gasteiger partial charge on any atom is 0.306 e. The third kappa shape index (κ3) is 3.15. The van der Waals surface area contributed by atoms with Crippen LogP contribution < -0.4 is 0 Å². The maximum atomic E-state index is 11.9. The molecule has 4 rings (SSSR count). The molecule has 7 atom stereocenters. The molecular weight excluding hydrogens is 356 g/mol. The molecule has 0 radical (unpaired) electrons. The number of esters is 1. The fraction of sp³-hybridized carbons (Fsp3) is 0.815. The van der Waals surface area contributed by atoms with Crippen molar-refractivity contribution in [3.8, 4) is 0 Å². The zero-order valence-electron chi connectivity index (χ0n) is 19.6. The van der Waals surface area contributed by atoms with Gasteiger partial charge in [-0.3, -0.25) is 4.79 Å². The Bertz CT molecular complexity index is 729. The summed E-state index contributed by atoms with van der Waals surface area (Å²) in [6.07, 6.45) is 15.4. The summed E-state index contributed by atoms with van der Waals surface area (Å²) < 4.78 is 5.85. The van der Waals surface area contributed by atoms with E-state index in [1.807, 2.05) is 0 Å². The van der Waals surface area contributed by atoms with E-state index in [0.717, 1.165) is 24.7 Å². The molecule has 0 aromatic heterocycles. The average molecular weight is 399 g/mol. The summed E-state index contributed by atoms with van der Waals surface area (Å²) in [4.78, 5) is 11.9. The average Bonchev–Trinajstić information content (AvgIpc) is 2.93. The second kappa shape index (κ2) is 7.27. The number of ether oxygens (including phenoxy) is 1. The van der Waals surface area contributed by atoms with Gasteiger partial charge < -0.3 is 4.74 Å². The molecule has 3 aliphatic carbocycles. The summed E-state index contributed by atoms with van der Waals surface area (Å²) in [5.41, 5.74) is 4.07. The topological polar surface area (TPSA) is 26.3 Å². The molecule has 1 saturated heterocycles. The number of carbonyl (C=O) groups excluding carboxylic acids is 1. The Morgan fingerprint density at radius 1 is 1.21 bits per heavy atom. The van der Waals surface area contributed by atoms with Gasteiger partial charge in [0.25, 0.3) is 0 Å². The summed E-state index contributed by atoms with van der Waals surface area (Å²) in [6.45, 7) is 14.6. The minimum atomic E-state index is 0.0160. The van der Waals surface area contributed by atoms with Crippen LogP contribution in [-0.4, -0.2) is 12.1 Å². The van der Waals surface area contributed by atoms with Gasteiger partial charge in [0.05, 0.1) is 0 Å². The largest absolute Gasteiger partial charge is 0.461 e. The van der Waals surface area contributed by atoms with Gasteiger partial charge in [0.1, 0.15) is 6.10 Å². The summed E-state index contributed by atoms with van der Waals surface area (Å²) in [7, 11) is 0. The van der Waals surface area contributed by atoms with Crippen molar-refractivity contribution in [1.82, 2.24) is 0 Å². The van der Waals surface area contributed by atoms with Gasteiger partial charge in [0.2, 0.25) is 0 Å². The maximum absolute atomic E-state index is 11.9. The lowest BCUT2D eigenvalue weighted by atomic mass is 9.45. The monoisotopic (exact) mass is 398 g/mol. The first-order chi connectivity index (χ1) is 13.6. The zero-order chi connectivity index (χ0) is 21.0. The summed E-state index contributed by atoms with van der Waals surface area (Å²) in [5, 5.41) is 0. The number of fused-ring (bicyclic) bond motifs is 5. The molecule has 0 bridgehead atoms. The van der Waals surface area contributed by atoms with Gasteiger partial charge in [-0.2, -0.15) is 0 Å². The Balaban J connectivity index is 1.59. The van der Waals surface area contributed by atoms with Gasteiger partial charge in [-0.1, -0.05) is 51.0 Å². The van der Waals surface area contributed by atoms with E-state index in [1.54, 1.807) is 5.57 Å². The molecule has 0 N–H and O–H groups in total. The van der Waals surface area contributed by atoms with Crippen molar-refractivity contribution in [1.29, 1.82) is 0 Å². The molecule has 2 heteroatoms. The predicted molar refractivity (Wildman–Crippen MR) is 119 cm³/mol. The Kier molecular flexibility index (Phi) is 5.32. The molecule has 0 unspecified atom stereocenters. The highest BCUT2D eigenvalue weighted by Crippen LogP contribution is 2.71. The molecule has 0 amide bonds. The first-order valence-corrected chi connectivity index (χ1v) is 12.2. The summed E-state index contributed by atoms with van der Waals surface area (Å²) in [5.74, 6) is 2.24. The van der Waals surface area contributed by atoms with E-state index in [4.69, 9.17) is 4.74 Å². The van der Waals surface area contributed by atoms with Crippen molar-refractivity contribution >= 4 is 5.97 Å². The minimum Gasteiger partial charge on any atom is -0.461 e. The fourth-order valence-corrected chi connectivity index (χ4v) is 8.01. The molecule has 1 heterocycles. The highest BCUT2D eigenvalue weighted by atomic mass is 16.5. The summed E-state index contributed by atoms with van der Waals surface area (Å²) in [6, 6.07) is 0. The first kappa shape index (κ1) is 21.2. The third-order valence-electron chi connectivity index (χ3n) is 10.1. The van der Waals surface area contributed by atoms with Crippen LogP contribution in [-0.2, 0) is 9.53 Å². The molecule has 29 heavy (non-hydrogen) atoms. The van der Waals surface area contributed by atoms with Gasteiger partial charge in [0.15, 0.2) is 0 Å². The molecule has 2 nitrogen and oxygen atoms in total. The lowest BCUT2D eigenvalue weighted by Crippen LogP contribution is -2.55. The minimum absolute atomic E-state index is 0.0160. The van der Waals surface area contributed by atoms with Gasteiger partial charge in [0, 0.05) is 18.3 Å². The van der Waals surface area contributed by atoms with E-state index >= 15 is 0 Å². The van der Waals surface area contributed by atoms with Crippen molar-refractivity contribution in [3.63, 3.8) is 0 Å². The predicted octanol–water partition coefficient (Wildman–Crippen LogP) is 7.24. The molecule has 3 fully saturated rings. The van der Waals surface area contributed by atoms with Gasteiger partial charge in [-0.05, 0) is 87.4 Å². The van der Waals surface area contributed by atoms with E-state index in [0.29, 0.717) is 23.2 Å². The molecule has 2 saturated carbocycles. The molecule has 0 spiro atoms. The molecular formula is C27H42O2. The van der Waals surface area contributed by atoms with Crippen molar-refractivity contribution in [2.45, 2.75) is 105 Å². The van der Waals surface area contributed by atoms with Crippen LogP contribution in [0.5, 0.6) is 0 Å². The normalized spacial score (nSPS) is 44.7. The molecule has 4 aliphatic rings. The van der Waals surface area contributed by atoms with Crippen LogP contribution in [0.1, 0.15) is 99.3 Å². The van der Waals surface area contributed by atoms with E-state index in [1.165, 1.54) is 44.1 Å². The molecule has 0 aromatic carbocycles. The van der Waals surface area contributed by atoms with Crippen LogP contribution in [0.3, 0.4) is 0 Å². The van der Waals surface area contributed by atoms with Gasteiger partial charge >= 0.3 is 5.97 Å². The first-order valence-electron chi connectivity index (χ1n) is 12.2. The third-order valence-corrected chi connectivity index (χ3v) is 10.1. The Morgan fingerprint density at radius 3 is 2.69 bits per heavy atom. The van der Waals surface area contributed by atoms with Gasteiger partial charge in [-0.25, -0.2) is 0 Å². The number of carbonyl (C=O) groups is 1. The van der Waals surface area contributed by atoms with Crippen LogP contribution in [0.25, 0.3) is 0 Å². The lowest BCUT2D eigenvalue weighted by molar-refractivity contribution is -0.173. The van der Waals surface area contributed by atoms with Crippen LogP contribution >= 0.6 is 0 Å². The van der Waals surface area contributed by atoms with E-state index in [-0.39, 0.29) is 17.5 Å². The molecule has 1 aliphatic heterocycles. The SMILES string of the molecule is CC(C)=CCC[C@H](C)[C@@H]1CC[C@]2(C)C3=CC[C@H]4OC(=O)CC[C@]4(C)[C@@H]3CC[C@@]12C. The van der Waals surface area contributed by atoms with Gasteiger partial charge in [-0.15, -0.1) is 0 Å². The van der Waals surface area contributed by atoms with Crippen molar-refractivity contribution < 1.29 is 9.53 Å². The Labute approximate surface area is 178 Å². The molecule has 162 valence electrons. The van der Waals surface area contributed by atoms with Crippen LogP contribution in [0.4, 0.5) is 0 Å². The zero-order valence-corrected chi connectivity index (χ0v) is 19.6. The molecule has 0 aromatic rings. The second-order valence-corrected chi connectivity index (χ2v) is 11.7. The highest BCUT2D eigenvalue weighted by Gasteiger charge is 2.63. The number of hydrogen-bond donors (Lipinski definition) is 0. The van der Waals surface area contributed by atoms with E-state index in [9.17, 15) is 4.79 Å². The fourth-order valence-electron chi connectivity index (χ4n) is 8.01. The van der Waals surface area contributed by atoms with Crippen LogP contribution in [0.15, 0.2) is 23.3 Å². The van der Waals surface area contributed by atoms with E-state index < -0.39 is 0 Å². The van der Waals surface area contributed by atoms with Crippen molar-refractivity contribution in [2.24, 2.45) is 34.0 Å². The Morgan fingerprint density at radius 2 is 1.97 bits per heavy atom. The number of hydrogen-bond acceptors (Lipinski definition) is 2. The highest BCUT2D eigenvalue weighted by molar-refractivity contribution is 5.70. The number of allylic oxidation sites excluding steroid dienone is 3. The standard InChI is InChI=1S/C27H42O2/c1-18(2)8-7-9-19(3)20-12-16-27(6)22-10-11-23-25(4,15-14-24(28)29-23)21(22)13-17-26(20,27)5/h8,10,19-21,23H,7,9,11-17H2,1-6H3/t19-,20-,21+,23+,25+,26-,27+/m0/s1. The van der Waals surface area contributed by atoms with Crippen molar-refractivity contribution in [2.75, 3.05) is 0 Å².